The molecule has 6 heteroatoms. The first-order chi connectivity index (χ1) is 11.6. The molecule has 0 bridgehead atoms. The van der Waals surface area contributed by atoms with E-state index in [4.69, 9.17) is 18.9 Å². The number of aliphatic hydroxyl groups is 1. The number of aliphatic hydroxyl groups excluding tert-OH is 1. The normalized spacial score (nSPS) is 28.5. The molecule has 1 N–H and O–H groups in total. The molecule has 0 aliphatic carbocycles. The summed E-state index contributed by atoms with van der Waals surface area (Å²) >= 11 is 0. The minimum absolute atomic E-state index is 0.143. The SMILES string of the molecule is C[C@@H]1CN(C[C@H](O)COC[C@@H]2COc3ccccc3O2)C[C@@H](C)O1. The average Bonchev–Trinajstić information content (AvgIpc) is 2.53. The molecule has 0 unspecified atom stereocenters. The highest BCUT2D eigenvalue weighted by molar-refractivity contribution is 5.40. The van der Waals surface area contributed by atoms with E-state index in [0.29, 0.717) is 26.4 Å². The van der Waals surface area contributed by atoms with Crippen LogP contribution in [0.5, 0.6) is 11.5 Å². The number of β-amino-alcohol motifs (C(OH)–C–C–N with tert-alkyl or cyclic N) is 1. The summed E-state index contributed by atoms with van der Waals surface area (Å²) in [5.74, 6) is 1.51. The van der Waals surface area contributed by atoms with E-state index in [1.54, 1.807) is 0 Å². The van der Waals surface area contributed by atoms with Crippen molar-refractivity contribution in [2.75, 3.05) is 39.5 Å². The summed E-state index contributed by atoms with van der Waals surface area (Å²) in [6.07, 6.45) is -0.251. The van der Waals surface area contributed by atoms with Gasteiger partial charge in [0.1, 0.15) is 6.61 Å². The van der Waals surface area contributed by atoms with Crippen molar-refractivity contribution in [1.82, 2.24) is 4.90 Å². The van der Waals surface area contributed by atoms with E-state index in [0.717, 1.165) is 24.6 Å². The molecule has 0 saturated carbocycles. The lowest BCUT2D eigenvalue weighted by Crippen LogP contribution is -2.48. The zero-order valence-corrected chi connectivity index (χ0v) is 14.4. The van der Waals surface area contributed by atoms with Gasteiger partial charge in [-0.15, -0.1) is 0 Å². The molecule has 6 nitrogen and oxygen atoms in total. The Morgan fingerprint density at radius 2 is 1.92 bits per heavy atom. The molecular formula is C18H27NO5. The lowest BCUT2D eigenvalue weighted by atomic mass is 10.2. The van der Waals surface area contributed by atoms with Crippen LogP contribution >= 0.6 is 0 Å². The summed E-state index contributed by atoms with van der Waals surface area (Å²) < 4.78 is 22.8. The highest BCUT2D eigenvalue weighted by Crippen LogP contribution is 2.30. The number of morpholine rings is 1. The molecule has 24 heavy (non-hydrogen) atoms. The summed E-state index contributed by atoms with van der Waals surface area (Å²) in [5, 5.41) is 10.2. The lowest BCUT2D eigenvalue weighted by molar-refractivity contribution is -0.0848. The maximum atomic E-state index is 10.2. The van der Waals surface area contributed by atoms with E-state index in [1.165, 1.54) is 0 Å². The number of ether oxygens (including phenoxy) is 4. The summed E-state index contributed by atoms with van der Waals surface area (Å²) in [6, 6.07) is 7.61. The average molecular weight is 337 g/mol. The third-order valence-electron chi connectivity index (χ3n) is 4.15. The van der Waals surface area contributed by atoms with Crippen molar-refractivity contribution < 1.29 is 24.1 Å². The summed E-state index contributed by atoms with van der Waals surface area (Å²) in [7, 11) is 0. The maximum absolute atomic E-state index is 10.2. The molecule has 134 valence electrons. The van der Waals surface area contributed by atoms with Crippen molar-refractivity contribution in [3.8, 4) is 11.5 Å². The first-order valence-corrected chi connectivity index (χ1v) is 8.62. The minimum Gasteiger partial charge on any atom is -0.486 e. The van der Waals surface area contributed by atoms with E-state index < -0.39 is 6.10 Å². The van der Waals surface area contributed by atoms with Gasteiger partial charge in [0, 0.05) is 19.6 Å². The van der Waals surface area contributed by atoms with Crippen LogP contribution in [0.2, 0.25) is 0 Å². The van der Waals surface area contributed by atoms with Gasteiger partial charge in [-0.3, -0.25) is 4.90 Å². The van der Waals surface area contributed by atoms with Crippen LogP contribution in [0.25, 0.3) is 0 Å². The van der Waals surface area contributed by atoms with E-state index in [2.05, 4.69) is 18.7 Å². The second kappa shape index (κ2) is 8.16. The van der Waals surface area contributed by atoms with E-state index >= 15 is 0 Å². The molecule has 1 aromatic rings. The van der Waals surface area contributed by atoms with Crippen LogP contribution in [0.4, 0.5) is 0 Å². The summed E-state index contributed by atoms with van der Waals surface area (Å²) in [6.45, 7) is 7.57. The van der Waals surface area contributed by atoms with Gasteiger partial charge in [0.2, 0.25) is 0 Å². The fraction of sp³-hybridized carbons (Fsp3) is 0.667. The molecular weight excluding hydrogens is 310 g/mol. The van der Waals surface area contributed by atoms with Gasteiger partial charge in [-0.25, -0.2) is 0 Å². The van der Waals surface area contributed by atoms with Gasteiger partial charge in [0.05, 0.1) is 31.5 Å². The Morgan fingerprint density at radius 1 is 1.21 bits per heavy atom. The number of hydrogen-bond donors (Lipinski definition) is 1. The van der Waals surface area contributed by atoms with Crippen molar-refractivity contribution in [3.05, 3.63) is 24.3 Å². The fourth-order valence-corrected chi connectivity index (χ4v) is 3.26. The van der Waals surface area contributed by atoms with Crippen LogP contribution < -0.4 is 9.47 Å². The number of hydrogen-bond acceptors (Lipinski definition) is 6. The van der Waals surface area contributed by atoms with Crippen molar-refractivity contribution in [1.29, 1.82) is 0 Å². The highest BCUT2D eigenvalue weighted by atomic mass is 16.6. The second-order valence-electron chi connectivity index (χ2n) is 6.66. The zero-order valence-electron chi connectivity index (χ0n) is 14.4. The number of rotatable bonds is 6. The van der Waals surface area contributed by atoms with Crippen molar-refractivity contribution in [2.45, 2.75) is 38.3 Å². The van der Waals surface area contributed by atoms with Crippen LogP contribution in [0.3, 0.4) is 0 Å². The van der Waals surface area contributed by atoms with Crippen molar-refractivity contribution in [2.24, 2.45) is 0 Å². The molecule has 0 amide bonds. The Kier molecular flexibility index (Phi) is 5.94. The summed E-state index contributed by atoms with van der Waals surface area (Å²) in [5.41, 5.74) is 0. The molecule has 4 atom stereocenters. The number of para-hydroxylation sites is 2. The van der Waals surface area contributed by atoms with Crippen LogP contribution in [0.15, 0.2) is 24.3 Å². The zero-order chi connectivity index (χ0) is 16.9. The molecule has 2 aliphatic heterocycles. The Bertz CT molecular complexity index is 516. The molecule has 1 aromatic carbocycles. The number of fused-ring (bicyclic) bond motifs is 1. The van der Waals surface area contributed by atoms with Gasteiger partial charge in [-0.1, -0.05) is 12.1 Å². The van der Waals surface area contributed by atoms with Gasteiger partial charge in [0.25, 0.3) is 0 Å². The first-order valence-electron chi connectivity index (χ1n) is 8.62. The topological polar surface area (TPSA) is 60.4 Å². The summed E-state index contributed by atoms with van der Waals surface area (Å²) in [4.78, 5) is 2.23. The van der Waals surface area contributed by atoms with Crippen molar-refractivity contribution >= 4 is 0 Å². The number of nitrogens with zero attached hydrogens (tertiary/aromatic N) is 1. The van der Waals surface area contributed by atoms with Crippen LogP contribution in [-0.4, -0.2) is 73.9 Å². The molecule has 0 spiro atoms. The predicted octanol–water partition coefficient (Wildman–Crippen LogP) is 1.31. The molecule has 1 fully saturated rings. The van der Waals surface area contributed by atoms with Crippen LogP contribution in [0, 0.1) is 0 Å². The largest absolute Gasteiger partial charge is 0.486 e. The first kappa shape index (κ1) is 17.5. The molecule has 2 heterocycles. The predicted molar refractivity (Wildman–Crippen MR) is 89.6 cm³/mol. The molecule has 1 saturated heterocycles. The highest BCUT2D eigenvalue weighted by Gasteiger charge is 2.25. The van der Waals surface area contributed by atoms with Crippen LogP contribution in [0.1, 0.15) is 13.8 Å². The van der Waals surface area contributed by atoms with E-state index in [1.807, 2.05) is 24.3 Å². The van der Waals surface area contributed by atoms with Gasteiger partial charge < -0.3 is 24.1 Å². The third-order valence-corrected chi connectivity index (χ3v) is 4.15. The second-order valence-corrected chi connectivity index (χ2v) is 6.66. The fourth-order valence-electron chi connectivity index (χ4n) is 3.26. The lowest BCUT2D eigenvalue weighted by Gasteiger charge is -2.36. The number of benzene rings is 1. The molecule has 2 aliphatic rings. The van der Waals surface area contributed by atoms with E-state index in [9.17, 15) is 5.11 Å². The van der Waals surface area contributed by atoms with Gasteiger partial charge in [-0.05, 0) is 26.0 Å². The molecule has 0 aromatic heterocycles. The molecule has 3 rings (SSSR count). The van der Waals surface area contributed by atoms with Crippen molar-refractivity contribution in [3.63, 3.8) is 0 Å². The Balaban J connectivity index is 1.36. The minimum atomic E-state index is -0.515. The van der Waals surface area contributed by atoms with E-state index in [-0.39, 0.29) is 18.3 Å². The standard InChI is InChI=1S/C18H27NO5/c1-13-7-19(8-14(2)23-13)9-15(20)10-21-11-16-12-22-17-5-3-4-6-18(17)24-16/h3-6,13-16,20H,7-12H2,1-2H3/t13-,14-,15+,16-/m1/s1. The van der Waals surface area contributed by atoms with Gasteiger partial charge >= 0.3 is 0 Å². The Morgan fingerprint density at radius 3 is 2.67 bits per heavy atom. The quantitative estimate of drug-likeness (QED) is 0.845. The van der Waals surface area contributed by atoms with Crippen LogP contribution in [-0.2, 0) is 9.47 Å². The Hall–Kier alpha value is -1.34. The third kappa shape index (κ3) is 4.83. The monoisotopic (exact) mass is 337 g/mol. The van der Waals surface area contributed by atoms with Gasteiger partial charge in [0.15, 0.2) is 17.6 Å². The maximum Gasteiger partial charge on any atom is 0.161 e. The smallest absolute Gasteiger partial charge is 0.161 e. The Labute approximate surface area is 143 Å². The van der Waals surface area contributed by atoms with Gasteiger partial charge in [-0.2, -0.15) is 0 Å². The molecule has 0 radical (unpaired) electrons.